The zero-order chi connectivity index (χ0) is 44.2. The quantitative estimate of drug-likeness (QED) is 0.0422. The van der Waals surface area contributed by atoms with Crippen LogP contribution in [0.25, 0.3) is 0 Å². The van der Waals surface area contributed by atoms with Crippen molar-refractivity contribution < 1.29 is 15.0 Å². The van der Waals surface area contributed by atoms with Gasteiger partial charge in [0.15, 0.2) is 0 Å². The van der Waals surface area contributed by atoms with Crippen molar-refractivity contribution in [3.8, 4) is 0 Å². The van der Waals surface area contributed by atoms with Crippen molar-refractivity contribution in [1.29, 1.82) is 0 Å². The Bertz CT molecular complexity index is 1100. The van der Waals surface area contributed by atoms with Gasteiger partial charge in [-0.05, 0) is 77.0 Å². The van der Waals surface area contributed by atoms with Crippen LogP contribution in [-0.2, 0) is 4.79 Å². The highest BCUT2D eigenvalue weighted by atomic mass is 16.3. The molecule has 0 saturated carbocycles. The standard InChI is InChI=1S/C57H101NO3/c1-3-5-7-9-11-13-15-17-19-20-21-22-23-24-25-26-27-28-29-30-31-32-33-34-35-36-37-38-39-41-43-45-47-49-51-53-57(61)58-55(54-59)56(60)52-50-48-46-44-42-40-18-16-14-12-10-8-6-4-2/h5,7,11,13,17,19,21-22,24-25,42,44,50,52,55-56,59-60H,3-4,6,8-10,12,14-16,18,20,23,26-41,43,45-49,51,53-54H2,1-2H3,(H,58,61)/b7-5-,13-11-,19-17-,22-21-,25-24-,44-42+,52-50+. The monoisotopic (exact) mass is 848 g/mol. The summed E-state index contributed by atoms with van der Waals surface area (Å²) >= 11 is 0. The summed E-state index contributed by atoms with van der Waals surface area (Å²) in [5.41, 5.74) is 0. The minimum Gasteiger partial charge on any atom is -0.394 e. The average molecular weight is 848 g/mol. The topological polar surface area (TPSA) is 69.6 Å². The Kier molecular flexibility index (Phi) is 49.8. The number of nitrogens with one attached hydrogen (secondary N) is 1. The number of carbonyl (C=O) groups excluding carboxylic acids is 1. The lowest BCUT2D eigenvalue weighted by atomic mass is 10.0. The van der Waals surface area contributed by atoms with Crippen molar-refractivity contribution >= 4 is 5.91 Å². The molecule has 352 valence electrons. The zero-order valence-electron chi connectivity index (χ0n) is 40.4. The fourth-order valence-electron chi connectivity index (χ4n) is 7.63. The van der Waals surface area contributed by atoms with Crippen molar-refractivity contribution in [3.63, 3.8) is 0 Å². The van der Waals surface area contributed by atoms with Gasteiger partial charge >= 0.3 is 0 Å². The summed E-state index contributed by atoms with van der Waals surface area (Å²) < 4.78 is 0. The number of hydrogen-bond donors (Lipinski definition) is 3. The third-order valence-electron chi connectivity index (χ3n) is 11.6. The molecule has 0 aliphatic rings. The minimum atomic E-state index is -0.863. The van der Waals surface area contributed by atoms with Gasteiger partial charge in [-0.2, -0.15) is 0 Å². The Morgan fingerprint density at radius 1 is 0.410 bits per heavy atom. The molecule has 0 aromatic heterocycles. The molecule has 2 unspecified atom stereocenters. The van der Waals surface area contributed by atoms with Crippen LogP contribution in [0, 0.1) is 0 Å². The maximum absolute atomic E-state index is 12.4. The smallest absolute Gasteiger partial charge is 0.220 e. The molecule has 3 N–H and O–H groups in total. The van der Waals surface area contributed by atoms with E-state index in [-0.39, 0.29) is 12.5 Å². The number of aliphatic hydroxyl groups excluding tert-OH is 2. The van der Waals surface area contributed by atoms with Crippen molar-refractivity contribution in [2.24, 2.45) is 0 Å². The molecule has 0 rings (SSSR count). The van der Waals surface area contributed by atoms with Crippen molar-refractivity contribution in [2.75, 3.05) is 6.61 Å². The van der Waals surface area contributed by atoms with Crippen LogP contribution in [0.5, 0.6) is 0 Å². The second-order valence-corrected chi connectivity index (χ2v) is 17.6. The van der Waals surface area contributed by atoms with E-state index in [0.717, 1.165) is 64.2 Å². The minimum absolute atomic E-state index is 0.0742. The normalized spacial score (nSPS) is 13.6. The fraction of sp³-hybridized carbons (Fsp3) is 0.737. The van der Waals surface area contributed by atoms with E-state index in [1.54, 1.807) is 6.08 Å². The molecule has 0 aliphatic heterocycles. The zero-order valence-corrected chi connectivity index (χ0v) is 40.4. The average Bonchev–Trinajstić information content (AvgIpc) is 3.26. The van der Waals surface area contributed by atoms with E-state index in [2.05, 4.69) is 92.1 Å². The van der Waals surface area contributed by atoms with E-state index < -0.39 is 12.1 Å². The molecule has 0 saturated heterocycles. The molecule has 4 nitrogen and oxygen atoms in total. The molecule has 0 radical (unpaired) electrons. The van der Waals surface area contributed by atoms with E-state index in [0.29, 0.717) is 6.42 Å². The Hall–Kier alpha value is -2.43. The molecule has 0 aromatic carbocycles. The fourth-order valence-corrected chi connectivity index (χ4v) is 7.63. The molecule has 61 heavy (non-hydrogen) atoms. The van der Waals surface area contributed by atoms with E-state index >= 15 is 0 Å². The van der Waals surface area contributed by atoms with Crippen molar-refractivity contribution in [1.82, 2.24) is 5.32 Å². The molecule has 1 amide bonds. The lowest BCUT2D eigenvalue weighted by molar-refractivity contribution is -0.123. The maximum Gasteiger partial charge on any atom is 0.220 e. The summed E-state index contributed by atoms with van der Waals surface area (Å²) in [6, 6.07) is -0.640. The van der Waals surface area contributed by atoms with E-state index in [1.165, 1.54) is 167 Å². The van der Waals surface area contributed by atoms with Crippen LogP contribution < -0.4 is 5.32 Å². The van der Waals surface area contributed by atoms with E-state index in [9.17, 15) is 15.0 Å². The Labute approximate surface area is 380 Å². The molecule has 4 heteroatoms. The number of amides is 1. The number of aliphatic hydroxyl groups is 2. The summed E-state index contributed by atoms with van der Waals surface area (Å²) in [6.45, 7) is 4.18. The molecule has 2 atom stereocenters. The van der Waals surface area contributed by atoms with Crippen LogP contribution >= 0.6 is 0 Å². The second-order valence-electron chi connectivity index (χ2n) is 17.6. The van der Waals surface area contributed by atoms with E-state index in [1.807, 2.05) is 6.08 Å². The van der Waals surface area contributed by atoms with Crippen LogP contribution in [0.1, 0.15) is 251 Å². The highest BCUT2D eigenvalue weighted by molar-refractivity contribution is 5.76. The third kappa shape index (κ3) is 48.5. The number of rotatable bonds is 47. The Balaban J connectivity index is 3.49. The van der Waals surface area contributed by atoms with Crippen molar-refractivity contribution in [3.05, 3.63) is 85.1 Å². The molecule has 0 spiro atoms. The summed E-state index contributed by atoms with van der Waals surface area (Å²) in [4.78, 5) is 12.4. The molecule has 0 heterocycles. The van der Waals surface area contributed by atoms with Gasteiger partial charge in [0.05, 0.1) is 18.8 Å². The van der Waals surface area contributed by atoms with Gasteiger partial charge in [0.2, 0.25) is 5.91 Å². The predicted molar refractivity (Wildman–Crippen MR) is 271 cm³/mol. The number of unbranched alkanes of at least 4 members (excludes halogenated alkanes) is 28. The van der Waals surface area contributed by atoms with Gasteiger partial charge in [-0.3, -0.25) is 4.79 Å². The molecule has 0 aromatic rings. The molecule has 0 bridgehead atoms. The third-order valence-corrected chi connectivity index (χ3v) is 11.6. The second kappa shape index (κ2) is 51.9. The van der Waals surface area contributed by atoms with E-state index in [4.69, 9.17) is 0 Å². The first kappa shape index (κ1) is 58.6. The summed E-state index contributed by atoms with van der Waals surface area (Å²) in [5.74, 6) is -0.0742. The summed E-state index contributed by atoms with van der Waals surface area (Å²) in [6.07, 6.45) is 75.9. The summed E-state index contributed by atoms with van der Waals surface area (Å²) in [7, 11) is 0. The first-order valence-corrected chi connectivity index (χ1v) is 26.3. The van der Waals surface area contributed by atoms with Crippen LogP contribution in [0.2, 0.25) is 0 Å². The largest absolute Gasteiger partial charge is 0.394 e. The van der Waals surface area contributed by atoms with Crippen LogP contribution in [-0.4, -0.2) is 34.9 Å². The van der Waals surface area contributed by atoms with Gasteiger partial charge in [-0.15, -0.1) is 0 Å². The summed E-state index contributed by atoms with van der Waals surface area (Å²) in [5, 5.41) is 23.0. The Morgan fingerprint density at radius 2 is 0.738 bits per heavy atom. The lowest BCUT2D eigenvalue weighted by Crippen LogP contribution is -2.45. The highest BCUT2D eigenvalue weighted by Crippen LogP contribution is 2.16. The van der Waals surface area contributed by atoms with Crippen LogP contribution in [0.15, 0.2) is 85.1 Å². The number of hydrogen-bond acceptors (Lipinski definition) is 3. The van der Waals surface area contributed by atoms with Gasteiger partial charge in [-0.1, -0.05) is 253 Å². The first-order chi connectivity index (χ1) is 30.2. The van der Waals surface area contributed by atoms with Gasteiger partial charge in [0, 0.05) is 6.42 Å². The predicted octanol–water partition coefficient (Wildman–Crippen LogP) is 17.2. The van der Waals surface area contributed by atoms with Crippen molar-refractivity contribution in [2.45, 2.75) is 264 Å². The van der Waals surface area contributed by atoms with Gasteiger partial charge < -0.3 is 15.5 Å². The number of carbonyl (C=O) groups is 1. The SMILES string of the molecule is CC/C=C\C/C=C\C/C=C\C/C=C\C/C=C\CCCCCCCCCCCCCCCCCCCCCC(=O)NC(CO)C(O)/C=C/CC/C=C/CCCCCCCCCC. The van der Waals surface area contributed by atoms with Crippen LogP contribution in [0.4, 0.5) is 0 Å². The maximum atomic E-state index is 12.4. The molecular formula is C57H101NO3. The lowest BCUT2D eigenvalue weighted by Gasteiger charge is -2.19. The van der Waals surface area contributed by atoms with Gasteiger partial charge in [0.1, 0.15) is 0 Å². The molecule has 0 aliphatic carbocycles. The first-order valence-electron chi connectivity index (χ1n) is 26.3. The molecule has 0 fully saturated rings. The van der Waals surface area contributed by atoms with Gasteiger partial charge in [0.25, 0.3) is 0 Å². The molecular weight excluding hydrogens is 747 g/mol. The van der Waals surface area contributed by atoms with Crippen LogP contribution in [0.3, 0.4) is 0 Å². The Morgan fingerprint density at radius 3 is 1.15 bits per heavy atom. The number of allylic oxidation sites excluding steroid dienone is 13. The highest BCUT2D eigenvalue weighted by Gasteiger charge is 2.17. The van der Waals surface area contributed by atoms with Gasteiger partial charge in [-0.25, -0.2) is 0 Å².